The zero-order chi connectivity index (χ0) is 29.5. The van der Waals surface area contributed by atoms with Crippen LogP contribution >= 0.6 is 22.9 Å². The first-order valence-electron chi connectivity index (χ1n) is 13.4. The molecule has 11 heteroatoms. The number of esters is 1. The van der Waals surface area contributed by atoms with Crippen molar-refractivity contribution in [3.8, 4) is 5.75 Å². The van der Waals surface area contributed by atoms with Crippen LogP contribution in [-0.4, -0.2) is 35.9 Å². The van der Waals surface area contributed by atoms with E-state index in [2.05, 4.69) is 21.2 Å². The van der Waals surface area contributed by atoms with Crippen molar-refractivity contribution in [3.63, 3.8) is 0 Å². The van der Waals surface area contributed by atoms with Gasteiger partial charge in [-0.1, -0.05) is 73.3 Å². The van der Waals surface area contributed by atoms with Gasteiger partial charge in [0, 0.05) is 16.1 Å². The predicted molar refractivity (Wildman–Crippen MR) is 163 cm³/mol. The molecule has 1 aromatic heterocycles. The van der Waals surface area contributed by atoms with E-state index in [9.17, 15) is 19.2 Å². The molecule has 0 radical (unpaired) electrons. The Balaban J connectivity index is 1.17. The smallest absolute Gasteiger partial charge is 0.355 e. The molecule has 1 saturated carbocycles. The zero-order valence-corrected chi connectivity index (χ0v) is 24.0. The quantitative estimate of drug-likeness (QED) is 0.0795. The number of para-hydroxylation sites is 1. The maximum absolute atomic E-state index is 12.8. The number of ether oxygens (including phenoxy) is 1. The second-order valence-electron chi connectivity index (χ2n) is 9.71. The molecule has 1 fully saturated rings. The summed E-state index contributed by atoms with van der Waals surface area (Å²) in [7, 11) is 0. The summed E-state index contributed by atoms with van der Waals surface area (Å²) in [6.07, 6.45) is 6.46. The lowest BCUT2D eigenvalue weighted by Gasteiger charge is -2.23. The van der Waals surface area contributed by atoms with Gasteiger partial charge in [0.05, 0.1) is 22.5 Å². The van der Waals surface area contributed by atoms with Crippen molar-refractivity contribution in [1.82, 2.24) is 10.7 Å². The standard InChI is InChI=1S/C31H27ClN4O5S/c32-26-23-14-5-7-16-25(23)42-27(26)31(40)41-21-12-8-9-19(17-21)18-33-36-30(39)29(38)35-24-15-6-4-13-22(24)28(37)34-20-10-2-1-3-11-20/h4-9,12-18,20H,1-3,10-11H2,(H,34,37)(H,35,38)(H,36,39)/b33-18-. The molecule has 0 spiro atoms. The van der Waals surface area contributed by atoms with Gasteiger partial charge in [-0.3, -0.25) is 14.4 Å². The molecule has 1 heterocycles. The summed E-state index contributed by atoms with van der Waals surface area (Å²) in [6, 6.07) is 20.5. The number of thiophene rings is 1. The molecule has 0 atom stereocenters. The Kier molecular flexibility index (Phi) is 9.25. The maximum atomic E-state index is 12.8. The highest BCUT2D eigenvalue weighted by atomic mass is 35.5. The molecule has 3 amide bonds. The number of nitrogens with zero attached hydrogens (tertiary/aromatic N) is 1. The molecular formula is C31H27ClN4O5S. The predicted octanol–water partition coefficient (Wildman–Crippen LogP) is 5.93. The minimum atomic E-state index is -1.02. The lowest BCUT2D eigenvalue weighted by atomic mass is 9.95. The van der Waals surface area contributed by atoms with Crippen LogP contribution in [0.1, 0.15) is 57.7 Å². The van der Waals surface area contributed by atoms with Crippen molar-refractivity contribution in [1.29, 1.82) is 0 Å². The van der Waals surface area contributed by atoms with Gasteiger partial charge in [-0.15, -0.1) is 11.3 Å². The number of fused-ring (bicyclic) bond motifs is 1. The molecule has 42 heavy (non-hydrogen) atoms. The summed E-state index contributed by atoms with van der Waals surface area (Å²) in [5.74, 6) is -2.63. The first-order chi connectivity index (χ1) is 20.4. The Labute approximate surface area is 250 Å². The van der Waals surface area contributed by atoms with E-state index in [1.165, 1.54) is 17.6 Å². The monoisotopic (exact) mass is 602 g/mol. The normalized spacial score (nSPS) is 13.5. The molecule has 9 nitrogen and oxygen atoms in total. The molecule has 5 rings (SSSR count). The third kappa shape index (κ3) is 7.02. The van der Waals surface area contributed by atoms with Crippen LogP contribution in [0, 0.1) is 0 Å². The highest BCUT2D eigenvalue weighted by Gasteiger charge is 2.21. The van der Waals surface area contributed by atoms with E-state index in [-0.39, 0.29) is 28.9 Å². The van der Waals surface area contributed by atoms with Crippen molar-refractivity contribution < 1.29 is 23.9 Å². The maximum Gasteiger partial charge on any atom is 0.355 e. The Bertz CT molecular complexity index is 1680. The molecule has 0 unspecified atom stereocenters. The fourth-order valence-corrected chi connectivity index (χ4v) is 6.04. The molecule has 0 bridgehead atoms. The summed E-state index contributed by atoms with van der Waals surface area (Å²) in [5, 5.41) is 10.5. The molecule has 4 aromatic rings. The van der Waals surface area contributed by atoms with Gasteiger partial charge < -0.3 is 15.4 Å². The van der Waals surface area contributed by atoms with Crippen molar-refractivity contribution in [3.05, 3.63) is 93.8 Å². The van der Waals surface area contributed by atoms with Gasteiger partial charge in [0.15, 0.2) is 0 Å². The molecule has 0 aliphatic heterocycles. The zero-order valence-electron chi connectivity index (χ0n) is 22.4. The molecule has 214 valence electrons. The number of hydrogen-bond donors (Lipinski definition) is 3. The van der Waals surface area contributed by atoms with Crippen LogP contribution in [-0.2, 0) is 9.59 Å². The SMILES string of the molecule is O=C(N/N=C\c1cccc(OC(=O)c2sc3ccccc3c2Cl)c1)C(=O)Nc1ccccc1C(=O)NC1CCCCC1. The van der Waals surface area contributed by atoms with E-state index in [0.29, 0.717) is 15.5 Å². The van der Waals surface area contributed by atoms with Gasteiger partial charge in [-0.05, 0) is 48.7 Å². The van der Waals surface area contributed by atoms with Crippen LogP contribution in [0.25, 0.3) is 10.1 Å². The average Bonchev–Trinajstić information content (AvgIpc) is 3.34. The lowest BCUT2D eigenvalue weighted by molar-refractivity contribution is -0.136. The van der Waals surface area contributed by atoms with E-state index in [4.69, 9.17) is 16.3 Å². The molecule has 0 saturated heterocycles. The molecule has 1 aliphatic rings. The summed E-state index contributed by atoms with van der Waals surface area (Å²) >= 11 is 7.63. The minimum absolute atomic E-state index is 0.100. The van der Waals surface area contributed by atoms with E-state index in [1.54, 1.807) is 48.5 Å². The van der Waals surface area contributed by atoms with Gasteiger partial charge >= 0.3 is 17.8 Å². The lowest BCUT2D eigenvalue weighted by Crippen LogP contribution is -2.37. The Morgan fingerprint density at radius 2 is 1.67 bits per heavy atom. The molecular weight excluding hydrogens is 576 g/mol. The van der Waals surface area contributed by atoms with E-state index < -0.39 is 17.8 Å². The first-order valence-corrected chi connectivity index (χ1v) is 14.6. The summed E-state index contributed by atoms with van der Waals surface area (Å²) in [5.41, 5.74) is 3.18. The number of rotatable bonds is 7. The molecule has 3 aromatic carbocycles. The van der Waals surface area contributed by atoms with Crippen molar-refractivity contribution in [2.45, 2.75) is 38.1 Å². The van der Waals surface area contributed by atoms with Gasteiger partial charge in [-0.25, -0.2) is 10.2 Å². The van der Waals surface area contributed by atoms with Gasteiger partial charge in [0.1, 0.15) is 10.6 Å². The van der Waals surface area contributed by atoms with E-state index in [1.807, 2.05) is 24.3 Å². The number of halogens is 1. The highest BCUT2D eigenvalue weighted by molar-refractivity contribution is 7.21. The molecule has 3 N–H and O–H groups in total. The van der Waals surface area contributed by atoms with Gasteiger partial charge in [-0.2, -0.15) is 5.10 Å². The number of carbonyl (C=O) groups is 4. The summed E-state index contributed by atoms with van der Waals surface area (Å²) in [4.78, 5) is 50.8. The Morgan fingerprint density at radius 1 is 0.905 bits per heavy atom. The van der Waals surface area contributed by atoms with Crippen molar-refractivity contribution in [2.75, 3.05) is 5.32 Å². The largest absolute Gasteiger partial charge is 0.422 e. The van der Waals surface area contributed by atoms with Crippen LogP contribution in [0.3, 0.4) is 0 Å². The summed E-state index contributed by atoms with van der Waals surface area (Å²) in [6.45, 7) is 0. The fourth-order valence-electron chi connectivity index (χ4n) is 4.65. The first kappa shape index (κ1) is 29.0. The van der Waals surface area contributed by atoms with Crippen LogP contribution in [0.2, 0.25) is 5.02 Å². The summed E-state index contributed by atoms with van der Waals surface area (Å²) < 4.78 is 6.38. The number of carbonyl (C=O) groups excluding carboxylic acids is 4. The van der Waals surface area contributed by atoms with Crippen LogP contribution < -0.4 is 20.8 Å². The third-order valence-corrected chi connectivity index (χ3v) is 8.39. The Morgan fingerprint density at radius 3 is 2.48 bits per heavy atom. The van der Waals surface area contributed by atoms with E-state index in [0.717, 1.165) is 42.2 Å². The van der Waals surface area contributed by atoms with Crippen LogP contribution in [0.5, 0.6) is 5.75 Å². The molecule has 1 aliphatic carbocycles. The van der Waals surface area contributed by atoms with Crippen LogP contribution in [0.4, 0.5) is 5.69 Å². The number of hydrazone groups is 1. The number of anilines is 1. The highest BCUT2D eigenvalue weighted by Crippen LogP contribution is 2.35. The van der Waals surface area contributed by atoms with Crippen LogP contribution in [0.15, 0.2) is 77.9 Å². The third-order valence-electron chi connectivity index (χ3n) is 6.74. The van der Waals surface area contributed by atoms with Gasteiger partial charge in [0.2, 0.25) is 0 Å². The van der Waals surface area contributed by atoms with E-state index >= 15 is 0 Å². The Hall–Kier alpha value is -4.54. The van der Waals surface area contributed by atoms with Crippen molar-refractivity contribution in [2.24, 2.45) is 5.10 Å². The average molecular weight is 603 g/mol. The number of benzene rings is 3. The van der Waals surface area contributed by atoms with Gasteiger partial charge in [0.25, 0.3) is 5.91 Å². The number of hydrogen-bond acceptors (Lipinski definition) is 7. The fraction of sp³-hybridized carbons (Fsp3) is 0.194. The van der Waals surface area contributed by atoms with Crippen molar-refractivity contribution >= 4 is 68.6 Å². The second kappa shape index (κ2) is 13.4. The minimum Gasteiger partial charge on any atom is -0.422 e. The number of amides is 3. The number of nitrogens with one attached hydrogen (secondary N) is 3. The second-order valence-corrected chi connectivity index (χ2v) is 11.1. The topological polar surface area (TPSA) is 126 Å².